The molecule has 3 nitrogen and oxygen atoms in total. The lowest BCUT2D eigenvalue weighted by molar-refractivity contribution is -0.117. The highest BCUT2D eigenvalue weighted by molar-refractivity contribution is 5.91. The Balaban J connectivity index is 0.00000176. The normalized spacial score (nSPS) is 25.8. The summed E-state index contributed by atoms with van der Waals surface area (Å²) < 4.78 is 0. The standard InChI is InChI=1S/C18H26N2O.ClH/c1-2-19-12-15-5-3-4-6-17(15)20-18(21)11-16-10-13-7-8-14(16)9-13;/h3-6,13-14,16,19H,2,7-12H2,1H3,(H,20,21);1H. The third kappa shape index (κ3) is 4.02. The smallest absolute Gasteiger partial charge is 0.224 e. The molecule has 0 aliphatic heterocycles. The second-order valence-corrected chi connectivity index (χ2v) is 6.62. The van der Waals surface area contributed by atoms with E-state index in [9.17, 15) is 4.79 Å². The largest absolute Gasteiger partial charge is 0.326 e. The van der Waals surface area contributed by atoms with Gasteiger partial charge in [0, 0.05) is 18.7 Å². The van der Waals surface area contributed by atoms with Crippen molar-refractivity contribution in [1.82, 2.24) is 5.32 Å². The predicted molar refractivity (Wildman–Crippen MR) is 93.3 cm³/mol. The summed E-state index contributed by atoms with van der Waals surface area (Å²) in [5.41, 5.74) is 2.13. The second kappa shape index (κ2) is 7.98. The monoisotopic (exact) mass is 322 g/mol. The third-order valence-corrected chi connectivity index (χ3v) is 5.19. The number of nitrogens with one attached hydrogen (secondary N) is 2. The second-order valence-electron chi connectivity index (χ2n) is 6.62. The summed E-state index contributed by atoms with van der Waals surface area (Å²) in [5.74, 6) is 2.55. The Kier molecular flexibility index (Phi) is 6.27. The fourth-order valence-corrected chi connectivity index (χ4v) is 4.12. The van der Waals surface area contributed by atoms with Crippen LogP contribution in [0.2, 0.25) is 0 Å². The van der Waals surface area contributed by atoms with Gasteiger partial charge in [-0.1, -0.05) is 31.5 Å². The number of amides is 1. The molecule has 3 atom stereocenters. The first kappa shape index (κ1) is 17.3. The molecule has 22 heavy (non-hydrogen) atoms. The van der Waals surface area contributed by atoms with E-state index in [1.54, 1.807) is 0 Å². The lowest BCUT2D eigenvalue weighted by Gasteiger charge is -2.21. The van der Waals surface area contributed by atoms with E-state index >= 15 is 0 Å². The Bertz CT molecular complexity index is 506. The van der Waals surface area contributed by atoms with Crippen LogP contribution in [0.4, 0.5) is 5.69 Å². The number of carbonyl (C=O) groups is 1. The molecule has 2 fully saturated rings. The minimum absolute atomic E-state index is 0. The molecule has 2 aliphatic rings. The van der Waals surface area contributed by atoms with Crippen LogP contribution in [0.5, 0.6) is 0 Å². The molecule has 1 aromatic rings. The maximum atomic E-state index is 12.3. The molecule has 2 aliphatic carbocycles. The van der Waals surface area contributed by atoms with E-state index in [-0.39, 0.29) is 18.3 Å². The Labute approximate surface area is 139 Å². The van der Waals surface area contributed by atoms with E-state index in [4.69, 9.17) is 0 Å². The average Bonchev–Trinajstić information content (AvgIpc) is 3.09. The number of anilines is 1. The van der Waals surface area contributed by atoms with E-state index in [0.29, 0.717) is 12.3 Å². The van der Waals surface area contributed by atoms with Crippen LogP contribution < -0.4 is 10.6 Å². The molecule has 3 unspecified atom stereocenters. The fourth-order valence-electron chi connectivity index (χ4n) is 4.12. The van der Waals surface area contributed by atoms with Crippen LogP contribution in [-0.4, -0.2) is 12.5 Å². The van der Waals surface area contributed by atoms with Crippen LogP contribution in [0.1, 0.15) is 44.6 Å². The highest BCUT2D eigenvalue weighted by Crippen LogP contribution is 2.49. The lowest BCUT2D eigenvalue weighted by atomic mass is 9.86. The quantitative estimate of drug-likeness (QED) is 0.831. The SMILES string of the molecule is CCNCc1ccccc1NC(=O)CC1CC2CCC1C2.Cl. The van der Waals surface area contributed by atoms with Crippen molar-refractivity contribution in [1.29, 1.82) is 0 Å². The molecular weight excluding hydrogens is 296 g/mol. The predicted octanol–water partition coefficient (Wildman–Crippen LogP) is 3.98. The van der Waals surface area contributed by atoms with E-state index in [2.05, 4.69) is 23.6 Å². The third-order valence-electron chi connectivity index (χ3n) is 5.19. The van der Waals surface area contributed by atoms with Crippen molar-refractivity contribution in [3.8, 4) is 0 Å². The van der Waals surface area contributed by atoms with Crippen LogP contribution >= 0.6 is 12.4 Å². The van der Waals surface area contributed by atoms with Gasteiger partial charge < -0.3 is 10.6 Å². The van der Waals surface area contributed by atoms with E-state index in [0.717, 1.165) is 30.6 Å². The molecule has 3 rings (SSSR count). The first-order chi connectivity index (χ1) is 10.3. The first-order valence-corrected chi connectivity index (χ1v) is 8.34. The molecule has 122 valence electrons. The number of para-hydroxylation sites is 1. The summed E-state index contributed by atoms with van der Waals surface area (Å²) in [6, 6.07) is 8.10. The highest BCUT2D eigenvalue weighted by atomic mass is 35.5. The van der Waals surface area contributed by atoms with E-state index in [1.165, 1.54) is 31.2 Å². The molecule has 0 saturated heterocycles. The number of halogens is 1. The molecule has 4 heteroatoms. The number of fused-ring (bicyclic) bond motifs is 2. The Morgan fingerprint density at radius 2 is 2.05 bits per heavy atom. The van der Waals surface area contributed by atoms with Crippen LogP contribution in [0.15, 0.2) is 24.3 Å². The van der Waals surface area contributed by atoms with Gasteiger partial charge >= 0.3 is 0 Å². The minimum Gasteiger partial charge on any atom is -0.326 e. The van der Waals surface area contributed by atoms with E-state index < -0.39 is 0 Å². The summed E-state index contributed by atoms with van der Waals surface area (Å²) >= 11 is 0. The fraction of sp³-hybridized carbons (Fsp3) is 0.611. The zero-order valence-corrected chi connectivity index (χ0v) is 14.1. The van der Waals surface area contributed by atoms with Crippen LogP contribution in [-0.2, 0) is 11.3 Å². The van der Waals surface area contributed by atoms with Crippen LogP contribution in [0.25, 0.3) is 0 Å². The summed E-state index contributed by atoms with van der Waals surface area (Å²) in [7, 11) is 0. The Morgan fingerprint density at radius 3 is 2.73 bits per heavy atom. The molecule has 1 amide bonds. The van der Waals surface area contributed by atoms with E-state index in [1.807, 2.05) is 18.2 Å². The lowest BCUT2D eigenvalue weighted by Crippen LogP contribution is -2.21. The molecule has 0 spiro atoms. The van der Waals surface area contributed by atoms with Gasteiger partial charge in [0.05, 0.1) is 0 Å². The molecule has 2 N–H and O–H groups in total. The van der Waals surface area contributed by atoms with Gasteiger partial charge in [0.25, 0.3) is 0 Å². The molecule has 0 aromatic heterocycles. The summed E-state index contributed by atoms with van der Waals surface area (Å²) in [6.07, 6.45) is 6.09. The van der Waals surface area contributed by atoms with Crippen molar-refractivity contribution in [2.45, 2.75) is 45.6 Å². The molecule has 2 saturated carbocycles. The maximum Gasteiger partial charge on any atom is 0.224 e. The highest BCUT2D eigenvalue weighted by Gasteiger charge is 2.40. The topological polar surface area (TPSA) is 41.1 Å². The van der Waals surface area contributed by atoms with Gasteiger partial charge in [-0.2, -0.15) is 0 Å². The maximum absolute atomic E-state index is 12.3. The summed E-state index contributed by atoms with van der Waals surface area (Å²) in [5, 5.41) is 6.45. The Morgan fingerprint density at radius 1 is 1.23 bits per heavy atom. The molecule has 1 aromatic carbocycles. The van der Waals surface area contributed by atoms with Gasteiger partial charge in [-0.15, -0.1) is 12.4 Å². The zero-order chi connectivity index (χ0) is 14.7. The number of carbonyl (C=O) groups excluding carboxylic acids is 1. The Hall–Kier alpha value is -1.06. The summed E-state index contributed by atoms with van der Waals surface area (Å²) in [6.45, 7) is 3.84. The number of hydrogen-bond donors (Lipinski definition) is 2. The zero-order valence-electron chi connectivity index (χ0n) is 13.3. The van der Waals surface area contributed by atoms with Gasteiger partial charge in [0.2, 0.25) is 5.91 Å². The number of rotatable bonds is 6. The van der Waals surface area contributed by atoms with Crippen molar-refractivity contribution in [2.75, 3.05) is 11.9 Å². The van der Waals surface area contributed by atoms with Gasteiger partial charge in [0.15, 0.2) is 0 Å². The average molecular weight is 323 g/mol. The van der Waals surface area contributed by atoms with Crippen LogP contribution in [0, 0.1) is 17.8 Å². The molecule has 2 bridgehead atoms. The summed E-state index contributed by atoms with van der Waals surface area (Å²) in [4.78, 5) is 12.3. The number of hydrogen-bond acceptors (Lipinski definition) is 2. The first-order valence-electron chi connectivity index (χ1n) is 8.34. The van der Waals surface area contributed by atoms with Crippen molar-refractivity contribution >= 4 is 24.0 Å². The molecule has 0 radical (unpaired) electrons. The van der Waals surface area contributed by atoms with Crippen molar-refractivity contribution < 1.29 is 4.79 Å². The molecular formula is C18H27ClN2O. The van der Waals surface area contributed by atoms with Gasteiger partial charge in [0.1, 0.15) is 0 Å². The number of benzene rings is 1. The van der Waals surface area contributed by atoms with Crippen LogP contribution in [0.3, 0.4) is 0 Å². The minimum atomic E-state index is 0. The molecule has 0 heterocycles. The van der Waals surface area contributed by atoms with Crippen molar-refractivity contribution in [3.05, 3.63) is 29.8 Å². The van der Waals surface area contributed by atoms with Gasteiger partial charge in [-0.05, 0) is 55.2 Å². The van der Waals surface area contributed by atoms with Gasteiger partial charge in [-0.25, -0.2) is 0 Å². The van der Waals surface area contributed by atoms with Crippen molar-refractivity contribution in [2.24, 2.45) is 17.8 Å². The van der Waals surface area contributed by atoms with Gasteiger partial charge in [-0.3, -0.25) is 4.79 Å². The van der Waals surface area contributed by atoms with Crippen molar-refractivity contribution in [3.63, 3.8) is 0 Å².